The van der Waals surface area contributed by atoms with Gasteiger partial charge >= 0.3 is 0 Å². The van der Waals surface area contributed by atoms with Gasteiger partial charge in [0.25, 0.3) is 5.91 Å². The molecule has 2 N–H and O–H groups in total. The van der Waals surface area contributed by atoms with Crippen molar-refractivity contribution in [3.8, 4) is 16.3 Å². The largest absolute Gasteiger partial charge is 0.497 e. The Labute approximate surface area is 171 Å². The fraction of sp³-hybridized carbons (Fsp3) is 0.412. The number of benzene rings is 1. The molecule has 0 bridgehead atoms. The lowest BCUT2D eigenvalue weighted by molar-refractivity contribution is -0.126. The van der Waals surface area contributed by atoms with Crippen molar-refractivity contribution in [1.29, 1.82) is 0 Å². The first kappa shape index (κ1) is 21.4. The molecule has 1 aromatic heterocycles. The number of ether oxygens (including phenoxy) is 1. The Morgan fingerprint density at radius 3 is 2.41 bits per heavy atom. The van der Waals surface area contributed by atoms with E-state index in [-0.39, 0.29) is 5.92 Å². The molecule has 0 saturated heterocycles. The predicted octanol–water partition coefficient (Wildman–Crippen LogP) is 3.49. The number of carbonyl (C=O) groups is 2. The summed E-state index contributed by atoms with van der Waals surface area (Å²) in [6.45, 7) is 3.77. The maximum atomic E-state index is 12.6. The second kappa shape index (κ2) is 9.87. The van der Waals surface area contributed by atoms with Crippen LogP contribution in [0.25, 0.3) is 10.6 Å². The van der Waals surface area contributed by atoms with Crippen LogP contribution < -0.4 is 15.4 Å². The van der Waals surface area contributed by atoms with E-state index in [1.165, 1.54) is 11.3 Å². The molecular formula is C17H20Cl2N4O3S. The Morgan fingerprint density at radius 1 is 1.19 bits per heavy atom. The minimum absolute atomic E-state index is 0.116. The number of nitrogens with one attached hydrogen (secondary N) is 2. The number of rotatable bonds is 8. The Balaban J connectivity index is 2.10. The number of hydrogen-bond donors (Lipinski definition) is 2. The van der Waals surface area contributed by atoms with E-state index in [4.69, 9.17) is 27.9 Å². The molecule has 0 aliphatic carbocycles. The van der Waals surface area contributed by atoms with Crippen molar-refractivity contribution in [3.63, 3.8) is 0 Å². The first-order valence-electron chi connectivity index (χ1n) is 8.23. The van der Waals surface area contributed by atoms with Crippen molar-refractivity contribution >= 4 is 51.5 Å². The summed E-state index contributed by atoms with van der Waals surface area (Å²) >= 11 is 12.4. The summed E-state index contributed by atoms with van der Waals surface area (Å²) in [6, 6.07) is 6.56. The SMILES string of the molecule is CCC(C)C(NC(=O)C(Cl)Cl)C(=O)Nc1nnc(-c2ccc(OC)cc2)s1. The molecule has 2 unspecified atom stereocenters. The third-order valence-corrected chi connectivity index (χ3v) is 5.27. The minimum Gasteiger partial charge on any atom is -0.497 e. The highest BCUT2D eigenvalue weighted by Crippen LogP contribution is 2.28. The molecule has 7 nitrogen and oxygen atoms in total. The highest BCUT2D eigenvalue weighted by Gasteiger charge is 2.28. The molecule has 10 heteroatoms. The zero-order chi connectivity index (χ0) is 20.0. The zero-order valence-electron chi connectivity index (χ0n) is 15.0. The van der Waals surface area contributed by atoms with Crippen LogP contribution in [0.4, 0.5) is 5.13 Å². The van der Waals surface area contributed by atoms with Crippen LogP contribution in [0.5, 0.6) is 5.75 Å². The fourth-order valence-electron chi connectivity index (χ4n) is 2.23. The smallest absolute Gasteiger partial charge is 0.253 e. The first-order valence-corrected chi connectivity index (χ1v) is 9.92. The fourth-order valence-corrected chi connectivity index (χ4v) is 3.10. The van der Waals surface area contributed by atoms with E-state index in [0.29, 0.717) is 16.6 Å². The van der Waals surface area contributed by atoms with Gasteiger partial charge < -0.3 is 10.1 Å². The van der Waals surface area contributed by atoms with Crippen LogP contribution in [-0.2, 0) is 9.59 Å². The highest BCUT2D eigenvalue weighted by molar-refractivity contribution is 7.18. The molecule has 1 heterocycles. The topological polar surface area (TPSA) is 93.2 Å². The van der Waals surface area contributed by atoms with E-state index < -0.39 is 22.7 Å². The molecule has 2 rings (SSSR count). The lowest BCUT2D eigenvalue weighted by Gasteiger charge is -2.23. The van der Waals surface area contributed by atoms with Gasteiger partial charge in [0.05, 0.1) is 7.11 Å². The molecule has 2 amide bonds. The lowest BCUT2D eigenvalue weighted by Crippen LogP contribution is -2.49. The number of hydrogen-bond acceptors (Lipinski definition) is 6. The van der Waals surface area contributed by atoms with E-state index >= 15 is 0 Å². The number of amides is 2. The number of aromatic nitrogens is 2. The van der Waals surface area contributed by atoms with Crippen molar-refractivity contribution < 1.29 is 14.3 Å². The Bertz CT molecular complexity index is 783. The third kappa shape index (κ3) is 5.79. The summed E-state index contributed by atoms with van der Waals surface area (Å²) in [5.74, 6) is -0.394. The maximum Gasteiger partial charge on any atom is 0.253 e. The van der Waals surface area contributed by atoms with Crippen LogP contribution in [0.3, 0.4) is 0 Å². The first-order chi connectivity index (χ1) is 12.8. The third-order valence-electron chi connectivity index (χ3n) is 3.98. The molecule has 0 spiro atoms. The van der Waals surface area contributed by atoms with Crippen molar-refractivity contribution in [2.24, 2.45) is 5.92 Å². The number of carbonyl (C=O) groups excluding carboxylic acids is 2. The molecule has 1 aromatic carbocycles. The molecular weight excluding hydrogens is 411 g/mol. The van der Waals surface area contributed by atoms with Crippen molar-refractivity contribution in [3.05, 3.63) is 24.3 Å². The molecule has 0 radical (unpaired) electrons. The van der Waals surface area contributed by atoms with Gasteiger partial charge in [-0.05, 0) is 30.2 Å². The summed E-state index contributed by atoms with van der Waals surface area (Å²) < 4.78 is 5.13. The normalized spacial score (nSPS) is 13.1. The van der Waals surface area contributed by atoms with Crippen LogP contribution in [0.15, 0.2) is 24.3 Å². The Morgan fingerprint density at radius 2 is 1.85 bits per heavy atom. The number of halogens is 2. The second-order valence-corrected chi connectivity index (χ2v) is 7.88. The summed E-state index contributed by atoms with van der Waals surface area (Å²) in [7, 11) is 1.59. The number of nitrogens with zero attached hydrogens (tertiary/aromatic N) is 2. The standard InChI is InChI=1S/C17H20Cl2N4O3S/c1-4-9(2)12(20-15(25)13(18)19)14(24)21-17-23-22-16(27-17)10-5-7-11(26-3)8-6-10/h5-9,12-13H,4H2,1-3H3,(H,20,25)(H,21,23,24). The van der Waals surface area contributed by atoms with Gasteiger partial charge in [-0.3, -0.25) is 14.9 Å². The van der Waals surface area contributed by atoms with Gasteiger partial charge in [0, 0.05) is 5.56 Å². The van der Waals surface area contributed by atoms with Crippen molar-refractivity contribution in [2.45, 2.75) is 31.1 Å². The van der Waals surface area contributed by atoms with Crippen LogP contribution >= 0.6 is 34.5 Å². The van der Waals surface area contributed by atoms with Gasteiger partial charge in [0.2, 0.25) is 11.0 Å². The quantitative estimate of drug-likeness (QED) is 0.625. The Kier molecular flexibility index (Phi) is 7.82. The minimum atomic E-state index is -1.24. The van der Waals surface area contributed by atoms with Crippen LogP contribution in [-0.4, -0.2) is 40.0 Å². The molecule has 27 heavy (non-hydrogen) atoms. The zero-order valence-corrected chi connectivity index (χ0v) is 17.4. The Hall–Kier alpha value is -1.90. The van der Waals surface area contributed by atoms with Crippen molar-refractivity contribution in [2.75, 3.05) is 12.4 Å². The lowest BCUT2D eigenvalue weighted by atomic mass is 9.98. The maximum absolute atomic E-state index is 12.6. The van der Waals surface area contributed by atoms with Crippen LogP contribution in [0.1, 0.15) is 20.3 Å². The van der Waals surface area contributed by atoms with Gasteiger partial charge in [-0.25, -0.2) is 0 Å². The molecule has 2 aromatic rings. The number of methoxy groups -OCH3 is 1. The molecule has 2 atom stereocenters. The second-order valence-electron chi connectivity index (χ2n) is 5.80. The van der Waals surface area contributed by atoms with Crippen molar-refractivity contribution in [1.82, 2.24) is 15.5 Å². The summed E-state index contributed by atoms with van der Waals surface area (Å²) in [5.41, 5.74) is 0.854. The van der Waals surface area contributed by atoms with Crippen LogP contribution in [0, 0.1) is 5.92 Å². The van der Waals surface area contributed by atoms with E-state index in [1.54, 1.807) is 7.11 Å². The average Bonchev–Trinajstić information content (AvgIpc) is 3.13. The molecule has 0 aliphatic heterocycles. The molecule has 0 aliphatic rings. The summed E-state index contributed by atoms with van der Waals surface area (Å²) in [5, 5.41) is 14.3. The number of alkyl halides is 2. The molecule has 146 valence electrons. The molecule has 0 fully saturated rings. The predicted molar refractivity (Wildman–Crippen MR) is 107 cm³/mol. The highest BCUT2D eigenvalue weighted by atomic mass is 35.5. The van der Waals surface area contributed by atoms with Crippen LogP contribution in [0.2, 0.25) is 0 Å². The summed E-state index contributed by atoms with van der Waals surface area (Å²) in [4.78, 5) is 23.1. The van der Waals surface area contributed by atoms with Gasteiger partial charge in [-0.1, -0.05) is 54.8 Å². The van der Waals surface area contributed by atoms with Gasteiger partial charge in [-0.15, -0.1) is 10.2 Å². The monoisotopic (exact) mass is 430 g/mol. The van der Waals surface area contributed by atoms with Gasteiger partial charge in [-0.2, -0.15) is 0 Å². The number of anilines is 1. The average molecular weight is 431 g/mol. The van der Waals surface area contributed by atoms with E-state index in [2.05, 4.69) is 20.8 Å². The molecule has 0 saturated carbocycles. The van der Waals surface area contributed by atoms with E-state index in [9.17, 15) is 9.59 Å². The van der Waals surface area contributed by atoms with Gasteiger partial charge in [0.1, 0.15) is 16.8 Å². The van der Waals surface area contributed by atoms with Gasteiger partial charge in [0.15, 0.2) is 4.84 Å². The summed E-state index contributed by atoms with van der Waals surface area (Å²) in [6.07, 6.45) is 0.681. The van der Waals surface area contributed by atoms with E-state index in [1.807, 2.05) is 38.1 Å². The van der Waals surface area contributed by atoms with E-state index in [0.717, 1.165) is 11.3 Å².